The second kappa shape index (κ2) is 7.22. The number of aliphatic carboxylic acids is 2. The van der Waals surface area contributed by atoms with E-state index in [-0.39, 0.29) is 24.2 Å². The third-order valence-electron chi connectivity index (χ3n) is 2.38. The number of rotatable bonds is 7. The van der Waals surface area contributed by atoms with Crippen molar-refractivity contribution in [2.75, 3.05) is 0 Å². The number of carbonyl (C=O) groups is 2. The van der Waals surface area contributed by atoms with E-state index in [1.54, 1.807) is 0 Å². The van der Waals surface area contributed by atoms with Crippen LogP contribution in [-0.2, 0) is 16.0 Å². The van der Waals surface area contributed by atoms with E-state index in [0.29, 0.717) is 5.56 Å². The molecule has 1 aromatic rings. The molecule has 0 aliphatic rings. The van der Waals surface area contributed by atoms with Gasteiger partial charge >= 0.3 is 18.6 Å². The number of alkyl halides is 2. The maximum absolute atomic E-state index is 12.3. The molecule has 0 unspecified atom stereocenters. The summed E-state index contributed by atoms with van der Waals surface area (Å²) in [5.74, 6) is -2.45. The molecule has 0 saturated carbocycles. The highest BCUT2D eigenvalue weighted by molar-refractivity contribution is 5.85. The molecule has 1 aromatic carbocycles. The van der Waals surface area contributed by atoms with Crippen molar-refractivity contribution in [2.24, 2.45) is 0 Å². The Hall–Kier alpha value is -2.44. The van der Waals surface area contributed by atoms with E-state index in [0.717, 1.165) is 6.08 Å². The molecule has 0 aromatic heterocycles. The summed E-state index contributed by atoms with van der Waals surface area (Å²) < 4.78 is 28.9. The maximum atomic E-state index is 12.3. The predicted octanol–water partition coefficient (Wildman–Crippen LogP) is 2.40. The first-order valence-electron chi connectivity index (χ1n) is 5.59. The molecule has 0 atom stereocenters. The Balaban J connectivity index is 3.13. The first-order valence-corrected chi connectivity index (χ1v) is 5.59. The molecular formula is C13H12F2O5. The third kappa shape index (κ3) is 5.05. The van der Waals surface area contributed by atoms with Crippen LogP contribution >= 0.6 is 0 Å². The van der Waals surface area contributed by atoms with Crippen molar-refractivity contribution in [3.8, 4) is 5.75 Å². The fraction of sp³-hybridized carbons (Fsp3) is 0.231. The van der Waals surface area contributed by atoms with Gasteiger partial charge in [0.1, 0.15) is 5.75 Å². The number of carboxylic acid groups (broad SMARTS) is 2. The highest BCUT2D eigenvalue weighted by Gasteiger charge is 2.13. The lowest BCUT2D eigenvalue weighted by Crippen LogP contribution is -2.07. The predicted molar refractivity (Wildman–Crippen MR) is 65.7 cm³/mol. The number of carboxylic acids is 2. The molecule has 0 amide bonds. The zero-order valence-electron chi connectivity index (χ0n) is 10.3. The lowest BCUT2D eigenvalue weighted by atomic mass is 10.0. The molecule has 0 spiro atoms. The summed E-state index contributed by atoms with van der Waals surface area (Å²) in [6.07, 6.45) is 1.72. The van der Waals surface area contributed by atoms with Gasteiger partial charge in [-0.05, 0) is 24.1 Å². The fourth-order valence-corrected chi connectivity index (χ4v) is 1.61. The van der Waals surface area contributed by atoms with Gasteiger partial charge in [-0.2, -0.15) is 8.78 Å². The normalized spacial score (nSPS) is 10.9. The minimum Gasteiger partial charge on any atom is -0.481 e. The Morgan fingerprint density at radius 2 is 2.00 bits per heavy atom. The van der Waals surface area contributed by atoms with Gasteiger partial charge in [0.05, 0.1) is 0 Å². The Labute approximate surface area is 113 Å². The first kappa shape index (κ1) is 15.6. The summed E-state index contributed by atoms with van der Waals surface area (Å²) in [6.45, 7) is -3.04. The van der Waals surface area contributed by atoms with Crippen LogP contribution in [0.1, 0.15) is 17.5 Å². The highest BCUT2D eigenvalue weighted by atomic mass is 19.3. The van der Waals surface area contributed by atoms with E-state index < -0.39 is 18.6 Å². The topological polar surface area (TPSA) is 83.8 Å². The van der Waals surface area contributed by atoms with Crippen molar-refractivity contribution < 1.29 is 33.3 Å². The van der Waals surface area contributed by atoms with Crippen LogP contribution in [0.4, 0.5) is 8.78 Å². The van der Waals surface area contributed by atoms with Gasteiger partial charge in [-0.1, -0.05) is 12.1 Å². The summed E-state index contributed by atoms with van der Waals surface area (Å²) in [6, 6.07) is 4.19. The Bertz CT molecular complexity index is 525. The van der Waals surface area contributed by atoms with Crippen molar-refractivity contribution in [3.05, 3.63) is 35.4 Å². The SMILES string of the molecule is O=C(O)C=Cc1cccc(OC(F)F)c1CCC(=O)O. The lowest BCUT2D eigenvalue weighted by molar-refractivity contribution is -0.137. The zero-order chi connectivity index (χ0) is 15.1. The molecule has 0 bridgehead atoms. The Morgan fingerprint density at radius 1 is 1.30 bits per heavy atom. The molecule has 0 aliphatic heterocycles. The molecule has 108 valence electrons. The minimum absolute atomic E-state index is 0.0441. The smallest absolute Gasteiger partial charge is 0.387 e. The Morgan fingerprint density at radius 3 is 2.55 bits per heavy atom. The molecule has 0 saturated heterocycles. The van der Waals surface area contributed by atoms with Gasteiger partial charge in [-0.25, -0.2) is 4.79 Å². The average molecular weight is 286 g/mol. The van der Waals surface area contributed by atoms with E-state index in [2.05, 4.69) is 4.74 Å². The van der Waals surface area contributed by atoms with Gasteiger partial charge in [0.25, 0.3) is 0 Å². The van der Waals surface area contributed by atoms with Crippen LogP contribution in [0.2, 0.25) is 0 Å². The summed E-state index contributed by atoms with van der Waals surface area (Å²) in [5.41, 5.74) is 0.555. The summed E-state index contributed by atoms with van der Waals surface area (Å²) in [4.78, 5) is 21.1. The van der Waals surface area contributed by atoms with Crippen LogP contribution in [0.25, 0.3) is 6.08 Å². The van der Waals surface area contributed by atoms with Crippen LogP contribution in [0.3, 0.4) is 0 Å². The Kier molecular flexibility index (Phi) is 5.64. The largest absolute Gasteiger partial charge is 0.481 e. The van der Waals surface area contributed by atoms with E-state index in [1.165, 1.54) is 24.3 Å². The van der Waals surface area contributed by atoms with Gasteiger partial charge in [-0.3, -0.25) is 4.79 Å². The molecule has 0 radical (unpaired) electrons. The van der Waals surface area contributed by atoms with Gasteiger partial charge < -0.3 is 14.9 Å². The van der Waals surface area contributed by atoms with Gasteiger partial charge in [-0.15, -0.1) is 0 Å². The molecular weight excluding hydrogens is 274 g/mol. The first-order chi connectivity index (χ1) is 9.40. The molecule has 0 fully saturated rings. The van der Waals surface area contributed by atoms with Crippen molar-refractivity contribution in [1.29, 1.82) is 0 Å². The molecule has 20 heavy (non-hydrogen) atoms. The zero-order valence-corrected chi connectivity index (χ0v) is 10.3. The standard InChI is InChI=1S/C13H12F2O5/c14-13(15)20-10-3-1-2-8(4-6-11(16)17)9(10)5-7-12(18)19/h1-4,6,13H,5,7H2,(H,16,17)(H,18,19). The number of benzene rings is 1. The van der Waals surface area contributed by atoms with Gasteiger partial charge in [0.2, 0.25) is 0 Å². The monoisotopic (exact) mass is 286 g/mol. The highest BCUT2D eigenvalue weighted by Crippen LogP contribution is 2.26. The summed E-state index contributed by atoms with van der Waals surface area (Å²) in [7, 11) is 0. The molecule has 5 nitrogen and oxygen atoms in total. The summed E-state index contributed by atoms with van der Waals surface area (Å²) in [5, 5.41) is 17.2. The van der Waals surface area contributed by atoms with Crippen molar-refractivity contribution in [3.63, 3.8) is 0 Å². The van der Waals surface area contributed by atoms with E-state index in [9.17, 15) is 18.4 Å². The van der Waals surface area contributed by atoms with Crippen molar-refractivity contribution >= 4 is 18.0 Å². The van der Waals surface area contributed by atoms with Crippen molar-refractivity contribution in [2.45, 2.75) is 19.5 Å². The quantitative estimate of drug-likeness (QED) is 0.752. The number of hydrogen-bond donors (Lipinski definition) is 2. The van der Waals surface area contributed by atoms with E-state index in [1.807, 2.05) is 0 Å². The molecule has 2 N–H and O–H groups in total. The van der Waals surface area contributed by atoms with Crippen LogP contribution < -0.4 is 4.74 Å². The number of hydrogen-bond acceptors (Lipinski definition) is 3. The maximum Gasteiger partial charge on any atom is 0.387 e. The van der Waals surface area contributed by atoms with Crippen LogP contribution in [0.15, 0.2) is 24.3 Å². The van der Waals surface area contributed by atoms with E-state index >= 15 is 0 Å². The van der Waals surface area contributed by atoms with Gasteiger partial charge in [0, 0.05) is 18.1 Å². The molecule has 7 heteroatoms. The van der Waals surface area contributed by atoms with Crippen molar-refractivity contribution in [1.82, 2.24) is 0 Å². The second-order valence-corrected chi connectivity index (χ2v) is 3.77. The molecule has 0 aliphatic carbocycles. The lowest BCUT2D eigenvalue weighted by Gasteiger charge is -2.12. The second-order valence-electron chi connectivity index (χ2n) is 3.77. The van der Waals surface area contributed by atoms with Gasteiger partial charge in [0.15, 0.2) is 0 Å². The molecule has 0 heterocycles. The van der Waals surface area contributed by atoms with Crippen LogP contribution in [-0.4, -0.2) is 28.8 Å². The third-order valence-corrected chi connectivity index (χ3v) is 2.38. The summed E-state index contributed by atoms with van der Waals surface area (Å²) >= 11 is 0. The number of ether oxygens (including phenoxy) is 1. The molecule has 1 rings (SSSR count). The van der Waals surface area contributed by atoms with Crippen LogP contribution in [0.5, 0.6) is 5.75 Å². The number of halogens is 2. The fourth-order valence-electron chi connectivity index (χ4n) is 1.61. The average Bonchev–Trinajstić information content (AvgIpc) is 2.34. The van der Waals surface area contributed by atoms with Crippen LogP contribution in [0, 0.1) is 0 Å². The van der Waals surface area contributed by atoms with E-state index in [4.69, 9.17) is 10.2 Å². The minimum atomic E-state index is -3.04.